The van der Waals surface area contributed by atoms with Crippen molar-refractivity contribution in [1.29, 1.82) is 5.26 Å². The highest BCUT2D eigenvalue weighted by Gasteiger charge is 2.23. The Labute approximate surface area is 163 Å². The highest BCUT2D eigenvalue weighted by Crippen LogP contribution is 2.26. The molecule has 9 heteroatoms. The van der Waals surface area contributed by atoms with E-state index in [9.17, 15) is 9.90 Å². The zero-order valence-corrected chi connectivity index (χ0v) is 16.0. The standard InChI is InChI=1S/C19H23N5O4/c1-4-8-27-18-14(17(25)24-28-11-19(2,3)26)15(21)22-16(23-18)13-7-5-6-12(9-13)10-20/h5-7,9,26H,4,8,11H2,1-3H3,(H,24,25)(H2,21,22,23). The first-order chi connectivity index (χ1) is 13.2. The van der Waals surface area contributed by atoms with Gasteiger partial charge in [0.2, 0.25) is 5.88 Å². The molecule has 4 N–H and O–H groups in total. The van der Waals surface area contributed by atoms with Gasteiger partial charge in [-0.25, -0.2) is 10.5 Å². The third-order valence-electron chi connectivity index (χ3n) is 3.41. The fourth-order valence-electron chi connectivity index (χ4n) is 2.16. The Hall–Kier alpha value is -3.22. The largest absolute Gasteiger partial charge is 0.477 e. The second-order valence-electron chi connectivity index (χ2n) is 6.69. The molecule has 1 heterocycles. The molecule has 0 saturated heterocycles. The maximum absolute atomic E-state index is 12.5. The highest BCUT2D eigenvalue weighted by molar-refractivity contribution is 6.00. The summed E-state index contributed by atoms with van der Waals surface area (Å²) >= 11 is 0. The molecule has 2 rings (SSSR count). The van der Waals surface area contributed by atoms with Gasteiger partial charge in [0.05, 0.1) is 23.8 Å². The lowest BCUT2D eigenvalue weighted by Crippen LogP contribution is -2.34. The minimum atomic E-state index is -1.12. The molecular weight excluding hydrogens is 362 g/mol. The lowest BCUT2D eigenvalue weighted by molar-refractivity contribution is -0.0523. The number of nitrogens with zero attached hydrogens (tertiary/aromatic N) is 3. The van der Waals surface area contributed by atoms with Crippen molar-refractivity contribution in [1.82, 2.24) is 15.4 Å². The summed E-state index contributed by atoms with van der Waals surface area (Å²) in [5.74, 6) is -0.543. The molecule has 0 aliphatic rings. The van der Waals surface area contributed by atoms with Gasteiger partial charge in [0.25, 0.3) is 5.91 Å². The number of anilines is 1. The number of aromatic nitrogens is 2. The van der Waals surface area contributed by atoms with Gasteiger partial charge >= 0.3 is 0 Å². The second kappa shape index (κ2) is 9.12. The fraction of sp³-hybridized carbons (Fsp3) is 0.368. The van der Waals surface area contributed by atoms with Crippen LogP contribution < -0.4 is 16.0 Å². The number of carbonyl (C=O) groups excluding carboxylic acids is 1. The van der Waals surface area contributed by atoms with E-state index >= 15 is 0 Å². The van der Waals surface area contributed by atoms with Crippen molar-refractivity contribution >= 4 is 11.7 Å². The summed E-state index contributed by atoms with van der Waals surface area (Å²) in [6.45, 7) is 5.18. The summed E-state index contributed by atoms with van der Waals surface area (Å²) in [6.07, 6.45) is 0.694. The van der Waals surface area contributed by atoms with Crippen LogP contribution in [0.3, 0.4) is 0 Å². The molecule has 0 saturated carbocycles. The zero-order valence-electron chi connectivity index (χ0n) is 16.0. The minimum Gasteiger partial charge on any atom is -0.477 e. The SMILES string of the molecule is CCCOc1nc(-c2cccc(C#N)c2)nc(N)c1C(=O)NOCC(C)(C)O. The first-order valence-corrected chi connectivity index (χ1v) is 8.70. The average molecular weight is 385 g/mol. The van der Waals surface area contributed by atoms with Gasteiger partial charge in [-0.3, -0.25) is 9.63 Å². The topological polar surface area (TPSA) is 143 Å². The molecular formula is C19H23N5O4. The van der Waals surface area contributed by atoms with Gasteiger partial charge in [-0.1, -0.05) is 19.1 Å². The predicted molar refractivity (Wildman–Crippen MR) is 102 cm³/mol. The highest BCUT2D eigenvalue weighted by atomic mass is 16.7. The number of ether oxygens (including phenoxy) is 1. The number of nitrogens with two attached hydrogens (primary N) is 1. The Balaban J connectivity index is 2.37. The van der Waals surface area contributed by atoms with E-state index in [4.69, 9.17) is 20.6 Å². The number of hydrogen-bond donors (Lipinski definition) is 3. The van der Waals surface area contributed by atoms with E-state index < -0.39 is 11.5 Å². The third-order valence-corrected chi connectivity index (χ3v) is 3.41. The number of benzene rings is 1. The van der Waals surface area contributed by atoms with Crippen molar-refractivity contribution in [2.24, 2.45) is 0 Å². The number of nitrogen functional groups attached to an aromatic ring is 1. The van der Waals surface area contributed by atoms with Crippen LogP contribution in [-0.2, 0) is 4.84 Å². The molecule has 0 fully saturated rings. The van der Waals surface area contributed by atoms with E-state index in [1.807, 2.05) is 13.0 Å². The van der Waals surface area contributed by atoms with Gasteiger partial charge in [-0.15, -0.1) is 0 Å². The van der Waals surface area contributed by atoms with E-state index in [0.717, 1.165) is 0 Å². The second-order valence-corrected chi connectivity index (χ2v) is 6.69. The molecule has 0 bridgehead atoms. The van der Waals surface area contributed by atoms with E-state index in [-0.39, 0.29) is 29.7 Å². The number of amides is 1. The number of nitrogens with one attached hydrogen (secondary N) is 1. The Bertz CT molecular complexity index is 887. The molecule has 0 atom stereocenters. The first-order valence-electron chi connectivity index (χ1n) is 8.70. The summed E-state index contributed by atoms with van der Waals surface area (Å²) in [5, 5.41) is 18.7. The van der Waals surface area contributed by atoms with Gasteiger partial charge in [0.15, 0.2) is 5.82 Å². The fourth-order valence-corrected chi connectivity index (χ4v) is 2.16. The van der Waals surface area contributed by atoms with E-state index in [0.29, 0.717) is 24.2 Å². The molecule has 9 nitrogen and oxygen atoms in total. The van der Waals surface area contributed by atoms with Crippen LogP contribution in [-0.4, -0.2) is 39.8 Å². The van der Waals surface area contributed by atoms with Gasteiger partial charge in [0, 0.05) is 5.56 Å². The smallest absolute Gasteiger partial charge is 0.284 e. The van der Waals surface area contributed by atoms with Crippen molar-refractivity contribution < 1.29 is 19.5 Å². The summed E-state index contributed by atoms with van der Waals surface area (Å²) in [6, 6.07) is 8.75. The normalized spacial score (nSPS) is 11.0. The lowest BCUT2D eigenvalue weighted by Gasteiger charge is -2.17. The molecule has 148 valence electrons. The molecule has 0 aliphatic carbocycles. The molecule has 1 aromatic carbocycles. The van der Waals surface area contributed by atoms with Crippen LogP contribution in [0.5, 0.6) is 5.88 Å². The van der Waals surface area contributed by atoms with Crippen LogP contribution in [0.4, 0.5) is 5.82 Å². The van der Waals surface area contributed by atoms with Crippen LogP contribution in [0.15, 0.2) is 24.3 Å². The van der Waals surface area contributed by atoms with Crippen molar-refractivity contribution in [2.45, 2.75) is 32.8 Å². The van der Waals surface area contributed by atoms with Gasteiger partial charge < -0.3 is 15.6 Å². The number of hydrogen-bond acceptors (Lipinski definition) is 8. The molecule has 0 aliphatic heterocycles. The maximum atomic E-state index is 12.5. The Morgan fingerprint density at radius 2 is 2.14 bits per heavy atom. The lowest BCUT2D eigenvalue weighted by atomic mass is 10.1. The number of aliphatic hydroxyl groups is 1. The summed E-state index contributed by atoms with van der Waals surface area (Å²) in [5.41, 5.74) is 8.03. The zero-order chi connectivity index (χ0) is 20.7. The molecule has 1 aromatic heterocycles. The summed E-state index contributed by atoms with van der Waals surface area (Å²) in [4.78, 5) is 26.0. The van der Waals surface area contributed by atoms with Crippen molar-refractivity contribution in [3.8, 4) is 23.3 Å². The van der Waals surface area contributed by atoms with Gasteiger partial charge in [-0.2, -0.15) is 10.2 Å². The average Bonchev–Trinajstić information content (AvgIpc) is 2.64. The van der Waals surface area contributed by atoms with E-state index in [1.54, 1.807) is 24.3 Å². The number of rotatable bonds is 8. The van der Waals surface area contributed by atoms with E-state index in [1.165, 1.54) is 13.8 Å². The Morgan fingerprint density at radius 3 is 2.79 bits per heavy atom. The molecule has 0 spiro atoms. The molecule has 1 amide bonds. The molecule has 0 unspecified atom stereocenters. The van der Waals surface area contributed by atoms with Crippen molar-refractivity contribution in [3.63, 3.8) is 0 Å². The molecule has 28 heavy (non-hydrogen) atoms. The Kier molecular flexibility index (Phi) is 6.87. The van der Waals surface area contributed by atoms with Crippen molar-refractivity contribution in [2.75, 3.05) is 18.9 Å². The quantitative estimate of drug-likeness (QED) is 0.584. The number of nitriles is 1. The summed E-state index contributed by atoms with van der Waals surface area (Å²) in [7, 11) is 0. The summed E-state index contributed by atoms with van der Waals surface area (Å²) < 4.78 is 5.59. The minimum absolute atomic E-state index is 0.0102. The van der Waals surface area contributed by atoms with Crippen molar-refractivity contribution in [3.05, 3.63) is 35.4 Å². The number of hydroxylamine groups is 1. The maximum Gasteiger partial charge on any atom is 0.284 e. The predicted octanol–water partition coefficient (Wildman–Crippen LogP) is 1.82. The number of carbonyl (C=O) groups is 1. The Morgan fingerprint density at radius 1 is 1.39 bits per heavy atom. The molecule has 2 aromatic rings. The van der Waals surface area contributed by atoms with Crippen LogP contribution >= 0.6 is 0 Å². The van der Waals surface area contributed by atoms with Crippen LogP contribution in [0, 0.1) is 11.3 Å². The monoisotopic (exact) mass is 385 g/mol. The third kappa shape index (κ3) is 5.64. The van der Waals surface area contributed by atoms with E-state index in [2.05, 4.69) is 15.4 Å². The van der Waals surface area contributed by atoms with Crippen LogP contribution in [0.2, 0.25) is 0 Å². The molecule has 0 radical (unpaired) electrons. The van der Waals surface area contributed by atoms with Gasteiger partial charge in [0.1, 0.15) is 18.0 Å². The van der Waals surface area contributed by atoms with Crippen LogP contribution in [0.25, 0.3) is 11.4 Å². The van der Waals surface area contributed by atoms with Crippen LogP contribution in [0.1, 0.15) is 43.1 Å². The van der Waals surface area contributed by atoms with Gasteiger partial charge in [-0.05, 0) is 32.4 Å². The first kappa shape index (κ1) is 21.1.